The minimum Gasteiger partial charge on any atom is -0.303 e. The molecule has 0 bridgehead atoms. The standard InChI is InChI=1S/C10H9ClFN/c1-3-9(13-2)10-7(11)5-4-6-8(10)12/h1,4-6,9,13H,2H3. The maximum absolute atomic E-state index is 13.3. The van der Waals surface area contributed by atoms with Crippen LogP contribution in [0.5, 0.6) is 0 Å². The number of hydrogen-bond acceptors (Lipinski definition) is 1. The number of nitrogens with one attached hydrogen (secondary N) is 1. The lowest BCUT2D eigenvalue weighted by atomic mass is 10.1. The van der Waals surface area contributed by atoms with Crippen molar-refractivity contribution in [1.29, 1.82) is 0 Å². The summed E-state index contributed by atoms with van der Waals surface area (Å²) >= 11 is 5.81. The fourth-order valence-electron chi connectivity index (χ4n) is 1.10. The molecule has 68 valence electrons. The average Bonchev–Trinajstić information content (AvgIpc) is 2.11. The van der Waals surface area contributed by atoms with Gasteiger partial charge in [0.2, 0.25) is 0 Å². The minimum atomic E-state index is -0.478. The Morgan fingerprint density at radius 3 is 2.77 bits per heavy atom. The van der Waals surface area contributed by atoms with E-state index in [-0.39, 0.29) is 5.82 Å². The van der Waals surface area contributed by atoms with Crippen LogP contribution >= 0.6 is 11.6 Å². The second-order valence-corrected chi connectivity index (χ2v) is 2.93. The van der Waals surface area contributed by atoms with Crippen molar-refractivity contribution in [1.82, 2.24) is 5.32 Å². The Hall–Kier alpha value is -1.04. The molecule has 1 aromatic rings. The van der Waals surface area contributed by atoms with Gasteiger partial charge in [0.15, 0.2) is 0 Å². The normalized spacial score (nSPS) is 12.2. The van der Waals surface area contributed by atoms with Crippen LogP contribution in [-0.4, -0.2) is 7.05 Å². The SMILES string of the molecule is C#CC(NC)c1c(F)cccc1Cl. The molecule has 0 spiro atoms. The number of halogens is 2. The van der Waals surface area contributed by atoms with Crippen molar-refractivity contribution in [3.8, 4) is 12.3 Å². The van der Waals surface area contributed by atoms with Gasteiger partial charge in [0, 0.05) is 10.6 Å². The van der Waals surface area contributed by atoms with E-state index in [0.29, 0.717) is 10.6 Å². The van der Waals surface area contributed by atoms with Crippen molar-refractivity contribution < 1.29 is 4.39 Å². The van der Waals surface area contributed by atoms with E-state index in [9.17, 15) is 4.39 Å². The van der Waals surface area contributed by atoms with Crippen molar-refractivity contribution in [2.24, 2.45) is 0 Å². The third-order valence-electron chi connectivity index (χ3n) is 1.74. The van der Waals surface area contributed by atoms with Crippen LogP contribution < -0.4 is 5.32 Å². The fraction of sp³-hybridized carbons (Fsp3) is 0.200. The highest BCUT2D eigenvalue weighted by atomic mass is 35.5. The summed E-state index contributed by atoms with van der Waals surface area (Å²) in [5.41, 5.74) is 0.328. The molecule has 0 saturated heterocycles. The second kappa shape index (κ2) is 4.27. The molecule has 0 heterocycles. The number of benzene rings is 1. The summed E-state index contributed by atoms with van der Waals surface area (Å²) in [5, 5.41) is 3.13. The highest BCUT2D eigenvalue weighted by Crippen LogP contribution is 2.24. The molecule has 0 aliphatic heterocycles. The summed E-state index contributed by atoms with van der Waals surface area (Å²) in [6, 6.07) is 4.02. The molecule has 1 rings (SSSR count). The quantitative estimate of drug-likeness (QED) is 0.718. The average molecular weight is 198 g/mol. The molecule has 0 amide bonds. The van der Waals surface area contributed by atoms with Crippen LogP contribution in [0, 0.1) is 18.2 Å². The molecule has 0 radical (unpaired) electrons. The van der Waals surface area contributed by atoms with E-state index < -0.39 is 6.04 Å². The molecule has 1 N–H and O–H groups in total. The molecule has 3 heteroatoms. The minimum absolute atomic E-state index is 0.328. The largest absolute Gasteiger partial charge is 0.303 e. The summed E-state index contributed by atoms with van der Waals surface area (Å²) < 4.78 is 13.3. The van der Waals surface area contributed by atoms with Crippen molar-refractivity contribution >= 4 is 11.6 Å². The monoisotopic (exact) mass is 197 g/mol. The van der Waals surface area contributed by atoms with E-state index in [1.807, 2.05) is 0 Å². The van der Waals surface area contributed by atoms with Gasteiger partial charge in [-0.25, -0.2) is 4.39 Å². The Bertz CT molecular complexity index is 323. The Balaban J connectivity index is 3.20. The first-order valence-electron chi connectivity index (χ1n) is 3.78. The third-order valence-corrected chi connectivity index (χ3v) is 2.07. The van der Waals surface area contributed by atoms with Gasteiger partial charge in [-0.2, -0.15) is 0 Å². The Labute approximate surface area is 81.9 Å². The van der Waals surface area contributed by atoms with Crippen LogP contribution in [0.2, 0.25) is 5.02 Å². The van der Waals surface area contributed by atoms with Crippen molar-refractivity contribution in [2.45, 2.75) is 6.04 Å². The molecule has 13 heavy (non-hydrogen) atoms. The van der Waals surface area contributed by atoms with Gasteiger partial charge in [-0.1, -0.05) is 23.6 Å². The number of hydrogen-bond donors (Lipinski definition) is 1. The molecule has 0 saturated carbocycles. The number of terminal acetylenes is 1. The molecule has 0 aliphatic rings. The first kappa shape index (κ1) is 10.0. The van der Waals surface area contributed by atoms with E-state index in [4.69, 9.17) is 18.0 Å². The fourth-order valence-corrected chi connectivity index (χ4v) is 1.37. The summed E-state index contributed by atoms with van der Waals surface area (Å²) in [7, 11) is 1.66. The summed E-state index contributed by atoms with van der Waals surface area (Å²) in [6.45, 7) is 0. The molecule has 1 nitrogen and oxygen atoms in total. The van der Waals surface area contributed by atoms with E-state index in [1.54, 1.807) is 19.2 Å². The molecular formula is C10H9ClFN. The smallest absolute Gasteiger partial charge is 0.130 e. The maximum atomic E-state index is 13.3. The lowest BCUT2D eigenvalue weighted by molar-refractivity contribution is 0.587. The van der Waals surface area contributed by atoms with E-state index >= 15 is 0 Å². The maximum Gasteiger partial charge on any atom is 0.130 e. The van der Waals surface area contributed by atoms with Gasteiger partial charge >= 0.3 is 0 Å². The van der Waals surface area contributed by atoms with Crippen molar-refractivity contribution in [2.75, 3.05) is 7.05 Å². The van der Waals surface area contributed by atoms with Crippen LogP contribution in [0.3, 0.4) is 0 Å². The van der Waals surface area contributed by atoms with Crippen LogP contribution in [-0.2, 0) is 0 Å². The molecule has 0 aliphatic carbocycles. The van der Waals surface area contributed by atoms with Crippen LogP contribution in [0.15, 0.2) is 18.2 Å². The van der Waals surface area contributed by atoms with Gasteiger partial charge < -0.3 is 5.32 Å². The summed E-state index contributed by atoms with van der Waals surface area (Å²) in [4.78, 5) is 0. The van der Waals surface area contributed by atoms with Crippen LogP contribution in [0.1, 0.15) is 11.6 Å². The summed E-state index contributed by atoms with van der Waals surface area (Å²) in [5.74, 6) is 2.03. The zero-order chi connectivity index (χ0) is 9.84. The Morgan fingerprint density at radius 2 is 2.31 bits per heavy atom. The molecule has 1 unspecified atom stereocenters. The van der Waals surface area contributed by atoms with Crippen molar-refractivity contribution in [3.05, 3.63) is 34.6 Å². The zero-order valence-corrected chi connectivity index (χ0v) is 7.90. The lowest BCUT2D eigenvalue weighted by Crippen LogP contribution is -2.16. The number of rotatable bonds is 2. The van der Waals surface area contributed by atoms with Gasteiger partial charge in [-0.05, 0) is 19.2 Å². The van der Waals surface area contributed by atoms with E-state index in [0.717, 1.165) is 0 Å². The van der Waals surface area contributed by atoms with E-state index in [2.05, 4.69) is 11.2 Å². The second-order valence-electron chi connectivity index (χ2n) is 2.52. The molecule has 1 aromatic carbocycles. The van der Waals surface area contributed by atoms with Gasteiger partial charge in [-0.3, -0.25) is 0 Å². The highest BCUT2D eigenvalue weighted by molar-refractivity contribution is 6.31. The Morgan fingerprint density at radius 1 is 1.62 bits per heavy atom. The Kier molecular flexibility index (Phi) is 3.30. The zero-order valence-electron chi connectivity index (χ0n) is 7.14. The van der Waals surface area contributed by atoms with E-state index in [1.165, 1.54) is 6.07 Å². The predicted molar refractivity (Wildman–Crippen MR) is 52.0 cm³/mol. The lowest BCUT2D eigenvalue weighted by Gasteiger charge is -2.12. The van der Waals surface area contributed by atoms with Gasteiger partial charge in [0.05, 0.1) is 6.04 Å². The first-order chi connectivity index (χ1) is 6.20. The molecular weight excluding hydrogens is 189 g/mol. The van der Waals surface area contributed by atoms with Gasteiger partial charge in [-0.15, -0.1) is 6.42 Å². The van der Waals surface area contributed by atoms with Gasteiger partial charge in [0.1, 0.15) is 5.82 Å². The molecule has 0 fully saturated rings. The topological polar surface area (TPSA) is 12.0 Å². The molecule has 0 aromatic heterocycles. The van der Waals surface area contributed by atoms with Gasteiger partial charge in [0.25, 0.3) is 0 Å². The third kappa shape index (κ3) is 2.00. The summed E-state index contributed by atoms with van der Waals surface area (Å²) in [6.07, 6.45) is 5.22. The predicted octanol–water partition coefficient (Wildman–Crippen LogP) is 2.37. The van der Waals surface area contributed by atoms with Crippen LogP contribution in [0.25, 0.3) is 0 Å². The van der Waals surface area contributed by atoms with Crippen molar-refractivity contribution in [3.63, 3.8) is 0 Å². The first-order valence-corrected chi connectivity index (χ1v) is 4.15. The molecule has 1 atom stereocenters. The van der Waals surface area contributed by atoms with Crippen LogP contribution in [0.4, 0.5) is 4.39 Å². The highest BCUT2D eigenvalue weighted by Gasteiger charge is 2.14.